The van der Waals surface area contributed by atoms with E-state index < -0.39 is 41.9 Å². The summed E-state index contributed by atoms with van der Waals surface area (Å²) in [7, 11) is 1.18. The number of halogens is 4. The molecule has 16 heteroatoms. The highest BCUT2D eigenvalue weighted by molar-refractivity contribution is 6.32. The van der Waals surface area contributed by atoms with Gasteiger partial charge in [0.15, 0.2) is 23.9 Å². The van der Waals surface area contributed by atoms with E-state index in [0.29, 0.717) is 0 Å². The van der Waals surface area contributed by atoms with Gasteiger partial charge in [-0.15, -0.1) is 0 Å². The zero-order chi connectivity index (χ0) is 28.6. The standard InChI is InChI=1S/C23H22Cl2F2N4O8/c1-13-28-21(24)19(31(33)34)22(29-13)30-23(25)7-6-15(37-10-18(32)35-2)17(8-23)36-9-14-4-3-5-16(38-11-26)20(14)39-12-27/h3-7H,8-12H2,1-2H3,(H,28,29,30). The Balaban J connectivity index is 1.92. The van der Waals surface area contributed by atoms with Gasteiger partial charge in [-0.25, -0.2) is 23.5 Å². The number of para-hydroxylation sites is 1. The molecule has 39 heavy (non-hydrogen) atoms. The van der Waals surface area contributed by atoms with Crippen LogP contribution in [0, 0.1) is 17.0 Å². The highest BCUT2D eigenvalue weighted by Crippen LogP contribution is 2.39. The molecule has 0 spiro atoms. The van der Waals surface area contributed by atoms with Crippen molar-refractivity contribution < 1.29 is 42.2 Å². The van der Waals surface area contributed by atoms with Crippen molar-refractivity contribution in [3.8, 4) is 11.5 Å². The topological polar surface area (TPSA) is 144 Å². The number of rotatable bonds is 13. The number of nitrogens with one attached hydrogen (secondary N) is 1. The summed E-state index contributed by atoms with van der Waals surface area (Å²) in [5.74, 6) is -0.720. The Kier molecular flexibility index (Phi) is 10.1. The number of allylic oxidation sites excluding steroid dienone is 1. The van der Waals surface area contributed by atoms with Gasteiger partial charge in [-0.2, -0.15) is 0 Å². The largest absolute Gasteiger partial charge is 0.489 e. The maximum atomic E-state index is 13.0. The van der Waals surface area contributed by atoms with Crippen molar-refractivity contribution in [1.29, 1.82) is 0 Å². The fourth-order valence-electron chi connectivity index (χ4n) is 3.42. The van der Waals surface area contributed by atoms with E-state index in [1.165, 1.54) is 44.4 Å². The van der Waals surface area contributed by atoms with E-state index in [9.17, 15) is 23.7 Å². The molecule has 0 amide bonds. The number of alkyl halides is 3. The summed E-state index contributed by atoms with van der Waals surface area (Å²) in [4.78, 5) is 28.8. The molecule has 0 aliphatic heterocycles. The second kappa shape index (κ2) is 13.2. The molecule has 0 fully saturated rings. The van der Waals surface area contributed by atoms with Crippen molar-refractivity contribution in [3.63, 3.8) is 0 Å². The van der Waals surface area contributed by atoms with E-state index in [2.05, 4.69) is 20.0 Å². The number of esters is 1. The number of hydrogen-bond donors (Lipinski definition) is 1. The molecule has 1 unspecified atom stereocenters. The van der Waals surface area contributed by atoms with Gasteiger partial charge in [0.25, 0.3) is 0 Å². The average molecular weight is 591 g/mol. The number of benzene rings is 1. The first kappa shape index (κ1) is 29.6. The second-order valence-electron chi connectivity index (χ2n) is 7.71. The molecule has 0 bridgehead atoms. The van der Waals surface area contributed by atoms with E-state index in [0.717, 1.165) is 0 Å². The molecule has 0 radical (unpaired) electrons. The molecular weight excluding hydrogens is 569 g/mol. The van der Waals surface area contributed by atoms with Crippen molar-refractivity contribution >= 4 is 40.7 Å². The number of carbonyl (C=O) groups is 1. The fourth-order valence-corrected chi connectivity index (χ4v) is 3.98. The van der Waals surface area contributed by atoms with Crippen LogP contribution in [-0.4, -0.2) is 53.3 Å². The van der Waals surface area contributed by atoms with Crippen LogP contribution in [-0.2, 0) is 25.6 Å². The molecule has 3 rings (SSSR count). The molecule has 1 aromatic heterocycles. The normalized spacial score (nSPS) is 16.5. The summed E-state index contributed by atoms with van der Waals surface area (Å²) in [5.41, 5.74) is -0.303. The van der Waals surface area contributed by atoms with E-state index >= 15 is 0 Å². The SMILES string of the molecule is COC(=O)COC1=C(OCc2cccc(OCF)c2OCF)CC(Cl)(Nc2nc(C)nc(Cl)c2[N+](=O)[O-])C=C1. The lowest BCUT2D eigenvalue weighted by atomic mass is 10.0. The third-order valence-corrected chi connectivity index (χ3v) is 5.72. The molecular formula is C23H22Cl2F2N4O8. The van der Waals surface area contributed by atoms with E-state index in [-0.39, 0.29) is 58.4 Å². The van der Waals surface area contributed by atoms with Crippen molar-refractivity contribution in [2.75, 3.05) is 32.8 Å². The minimum Gasteiger partial charge on any atom is -0.489 e. The van der Waals surface area contributed by atoms with Gasteiger partial charge in [-0.1, -0.05) is 35.3 Å². The smallest absolute Gasteiger partial charge is 0.348 e. The van der Waals surface area contributed by atoms with Crippen molar-refractivity contribution in [2.45, 2.75) is 24.9 Å². The van der Waals surface area contributed by atoms with Gasteiger partial charge in [0.1, 0.15) is 23.2 Å². The molecule has 12 nitrogen and oxygen atoms in total. The molecule has 1 aromatic carbocycles. The summed E-state index contributed by atoms with van der Waals surface area (Å²) in [6.45, 7) is -1.61. The molecule has 1 aliphatic rings. The van der Waals surface area contributed by atoms with Crippen LogP contribution in [0.2, 0.25) is 5.15 Å². The van der Waals surface area contributed by atoms with Crippen LogP contribution >= 0.6 is 23.2 Å². The molecule has 1 N–H and O–H groups in total. The first-order valence-electron chi connectivity index (χ1n) is 11.0. The molecule has 1 atom stereocenters. The van der Waals surface area contributed by atoms with Gasteiger partial charge in [0, 0.05) is 12.0 Å². The molecule has 2 aromatic rings. The zero-order valence-electron chi connectivity index (χ0n) is 20.5. The third-order valence-electron chi connectivity index (χ3n) is 5.10. The van der Waals surface area contributed by atoms with Crippen molar-refractivity contribution in [3.05, 3.63) is 68.5 Å². The van der Waals surface area contributed by atoms with Gasteiger partial charge in [-0.3, -0.25) is 10.1 Å². The Bertz CT molecular complexity index is 1300. The Morgan fingerprint density at radius 2 is 1.95 bits per heavy atom. The van der Waals surface area contributed by atoms with Crippen LogP contribution in [0.1, 0.15) is 17.8 Å². The van der Waals surface area contributed by atoms with Crippen molar-refractivity contribution in [2.24, 2.45) is 0 Å². The second-order valence-corrected chi connectivity index (χ2v) is 8.74. The Labute approximate surface area is 230 Å². The van der Waals surface area contributed by atoms with Crippen molar-refractivity contribution in [1.82, 2.24) is 9.97 Å². The van der Waals surface area contributed by atoms with Crippen LogP contribution in [0.4, 0.5) is 20.3 Å². The third kappa shape index (κ3) is 7.57. The van der Waals surface area contributed by atoms with E-state index in [1.807, 2.05) is 0 Å². The number of carbonyl (C=O) groups excluding carboxylic acids is 1. The quantitative estimate of drug-likeness (QED) is 0.0850. The minimum absolute atomic E-state index is 0.0485. The van der Waals surface area contributed by atoms with Gasteiger partial charge in [-0.05, 0) is 25.1 Å². The molecule has 1 heterocycles. The average Bonchev–Trinajstić information content (AvgIpc) is 2.87. The number of aryl methyl sites for hydroxylation is 1. The summed E-state index contributed by atoms with van der Waals surface area (Å²) in [6, 6.07) is 4.44. The van der Waals surface area contributed by atoms with Gasteiger partial charge < -0.3 is 29.0 Å². The Morgan fingerprint density at radius 1 is 1.21 bits per heavy atom. The minimum atomic E-state index is -1.54. The number of anilines is 1. The van der Waals surface area contributed by atoms with E-state index in [4.69, 9.17) is 42.1 Å². The lowest BCUT2D eigenvalue weighted by Crippen LogP contribution is -2.34. The Morgan fingerprint density at radius 3 is 2.62 bits per heavy atom. The highest BCUT2D eigenvalue weighted by Gasteiger charge is 2.36. The van der Waals surface area contributed by atoms with Crippen LogP contribution in [0.3, 0.4) is 0 Å². The van der Waals surface area contributed by atoms with Crippen LogP contribution < -0.4 is 14.8 Å². The van der Waals surface area contributed by atoms with E-state index in [1.54, 1.807) is 0 Å². The van der Waals surface area contributed by atoms with Gasteiger partial charge in [0.05, 0.1) is 12.0 Å². The number of nitro groups is 1. The predicted molar refractivity (Wildman–Crippen MR) is 134 cm³/mol. The van der Waals surface area contributed by atoms with Crippen LogP contribution in [0.5, 0.6) is 11.5 Å². The predicted octanol–water partition coefficient (Wildman–Crippen LogP) is 4.88. The number of hydrogen-bond acceptors (Lipinski definition) is 11. The van der Waals surface area contributed by atoms with Crippen LogP contribution in [0.15, 0.2) is 41.9 Å². The summed E-state index contributed by atoms with van der Waals surface area (Å²) < 4.78 is 51.6. The molecule has 0 saturated heterocycles. The molecule has 210 valence electrons. The maximum Gasteiger partial charge on any atom is 0.348 e. The summed E-state index contributed by atoms with van der Waals surface area (Å²) >= 11 is 12.7. The number of nitrogens with zero attached hydrogens (tertiary/aromatic N) is 3. The highest BCUT2D eigenvalue weighted by atomic mass is 35.5. The zero-order valence-corrected chi connectivity index (χ0v) is 22.1. The van der Waals surface area contributed by atoms with Gasteiger partial charge >= 0.3 is 11.7 Å². The number of aromatic nitrogens is 2. The first-order chi connectivity index (χ1) is 18.6. The maximum absolute atomic E-state index is 13.0. The van der Waals surface area contributed by atoms with Gasteiger partial charge in [0.2, 0.25) is 24.7 Å². The number of methoxy groups -OCH3 is 1. The monoisotopic (exact) mass is 590 g/mol. The number of ether oxygens (including phenoxy) is 5. The fraction of sp³-hybridized carbons (Fsp3) is 0.348. The van der Waals surface area contributed by atoms with Crippen LogP contribution in [0.25, 0.3) is 0 Å². The summed E-state index contributed by atoms with van der Waals surface area (Å²) in [6.07, 6.45) is 2.61. The molecule has 1 aliphatic carbocycles. The Hall–Kier alpha value is -3.91. The molecule has 0 saturated carbocycles. The summed E-state index contributed by atoms with van der Waals surface area (Å²) in [5, 5.41) is 14.0. The lowest BCUT2D eigenvalue weighted by molar-refractivity contribution is -0.384. The first-order valence-corrected chi connectivity index (χ1v) is 11.8. The lowest BCUT2D eigenvalue weighted by Gasteiger charge is -2.30.